The zero-order valence-corrected chi connectivity index (χ0v) is 22.1. The first kappa shape index (κ1) is 26.3. The third-order valence-electron chi connectivity index (χ3n) is 6.88. The average Bonchev–Trinajstić information content (AvgIpc) is 3.72. The van der Waals surface area contributed by atoms with E-state index in [-0.39, 0.29) is 29.1 Å². The lowest BCUT2D eigenvalue weighted by Gasteiger charge is -2.32. The Kier molecular flexibility index (Phi) is 7.83. The second-order valence-electron chi connectivity index (χ2n) is 9.19. The van der Waals surface area contributed by atoms with Crippen LogP contribution in [0.4, 0.5) is 5.82 Å². The van der Waals surface area contributed by atoms with Gasteiger partial charge in [-0.25, -0.2) is 13.4 Å². The molecule has 1 aromatic carbocycles. The molecule has 1 aromatic heterocycles. The normalized spacial score (nSPS) is 17.2. The number of nitrogens with zero attached hydrogens (tertiary/aromatic N) is 3. The molecule has 0 bridgehead atoms. The number of piperidine rings is 1. The monoisotopic (exact) mass is 526 g/mol. The highest BCUT2D eigenvalue weighted by Gasteiger charge is 2.60. The van der Waals surface area contributed by atoms with Gasteiger partial charge < -0.3 is 5.32 Å². The molecular formula is C26H30N4O4S2. The minimum Gasteiger partial charge on any atom is -0.317 e. The average molecular weight is 527 g/mol. The van der Waals surface area contributed by atoms with Crippen LogP contribution in [0.3, 0.4) is 0 Å². The molecule has 2 aromatic rings. The predicted molar refractivity (Wildman–Crippen MR) is 139 cm³/mol. The fraction of sp³-hybridized carbons (Fsp3) is 0.462. The van der Waals surface area contributed by atoms with Crippen molar-refractivity contribution < 1.29 is 18.0 Å². The molecule has 2 heterocycles. The molecule has 1 aliphatic heterocycles. The van der Waals surface area contributed by atoms with Gasteiger partial charge >= 0.3 is 0 Å². The summed E-state index contributed by atoms with van der Waals surface area (Å²) in [5.74, 6) is -1.46. The number of rotatable bonds is 9. The quantitative estimate of drug-likeness (QED) is 0.384. The predicted octanol–water partition coefficient (Wildman–Crippen LogP) is 4.01. The van der Waals surface area contributed by atoms with Crippen LogP contribution in [0.15, 0.2) is 41.4 Å². The summed E-state index contributed by atoms with van der Waals surface area (Å²) in [5.41, 5.74) is 0.800. The molecule has 1 amide bonds. The summed E-state index contributed by atoms with van der Waals surface area (Å²) in [6.07, 6.45) is 4.39. The number of benzene rings is 1. The van der Waals surface area contributed by atoms with E-state index in [1.54, 1.807) is 30.5 Å². The summed E-state index contributed by atoms with van der Waals surface area (Å²) in [5, 5.41) is 13.5. The Labute approximate surface area is 216 Å². The van der Waals surface area contributed by atoms with Gasteiger partial charge in [0.25, 0.3) is 10.0 Å². The molecule has 1 saturated carbocycles. The van der Waals surface area contributed by atoms with Gasteiger partial charge in [-0.3, -0.25) is 9.59 Å². The van der Waals surface area contributed by atoms with Crippen molar-refractivity contribution in [2.24, 2.45) is 5.92 Å². The highest BCUT2D eigenvalue weighted by molar-refractivity contribution is 7.98. The van der Waals surface area contributed by atoms with Gasteiger partial charge in [-0.05, 0) is 63.1 Å². The fourth-order valence-electron chi connectivity index (χ4n) is 4.74. The number of pyridine rings is 1. The molecular weight excluding hydrogens is 496 g/mol. The van der Waals surface area contributed by atoms with E-state index in [2.05, 4.69) is 10.3 Å². The molecule has 0 unspecified atom stereocenters. The van der Waals surface area contributed by atoms with E-state index in [9.17, 15) is 23.3 Å². The minimum atomic E-state index is -4.29. The molecule has 1 N–H and O–H groups in total. The van der Waals surface area contributed by atoms with E-state index in [1.165, 1.54) is 17.8 Å². The molecule has 0 radical (unpaired) electrons. The van der Waals surface area contributed by atoms with Crippen molar-refractivity contribution in [3.63, 3.8) is 0 Å². The number of aromatic nitrogens is 1. The van der Waals surface area contributed by atoms with Crippen LogP contribution in [0.2, 0.25) is 0 Å². The van der Waals surface area contributed by atoms with E-state index >= 15 is 0 Å². The highest BCUT2D eigenvalue weighted by Crippen LogP contribution is 2.55. The zero-order chi connectivity index (χ0) is 25.9. The molecule has 1 saturated heterocycles. The number of carbonyl (C=O) groups is 2. The molecule has 2 fully saturated rings. The number of carbonyl (C=O) groups excluding carboxylic acids is 2. The van der Waals surface area contributed by atoms with Crippen LogP contribution in [-0.4, -0.2) is 44.4 Å². The third kappa shape index (κ3) is 4.67. The van der Waals surface area contributed by atoms with Crippen molar-refractivity contribution in [3.8, 4) is 6.07 Å². The Morgan fingerprint density at radius 2 is 1.89 bits per heavy atom. The van der Waals surface area contributed by atoms with Gasteiger partial charge in [0.15, 0.2) is 11.6 Å². The number of sulfonamides is 1. The maximum Gasteiger partial charge on any atom is 0.252 e. The Morgan fingerprint density at radius 3 is 2.44 bits per heavy atom. The van der Waals surface area contributed by atoms with E-state index in [4.69, 9.17) is 0 Å². The van der Waals surface area contributed by atoms with Gasteiger partial charge in [-0.2, -0.15) is 9.57 Å². The summed E-state index contributed by atoms with van der Waals surface area (Å²) >= 11 is 1.19. The molecule has 2 aliphatic rings. The number of anilines is 1. The van der Waals surface area contributed by atoms with Crippen molar-refractivity contribution in [3.05, 3.63) is 53.1 Å². The molecule has 4 rings (SSSR count). The van der Waals surface area contributed by atoms with Gasteiger partial charge in [0.2, 0.25) is 5.91 Å². The van der Waals surface area contributed by atoms with Crippen molar-refractivity contribution in [2.75, 3.05) is 23.7 Å². The molecule has 1 aliphatic carbocycles. The number of nitriles is 1. The second kappa shape index (κ2) is 10.7. The molecule has 10 heteroatoms. The number of hydrogen-bond acceptors (Lipinski definition) is 8. The summed E-state index contributed by atoms with van der Waals surface area (Å²) in [6.45, 7) is 3.09. The van der Waals surface area contributed by atoms with Gasteiger partial charge in [0.05, 0.1) is 11.1 Å². The van der Waals surface area contributed by atoms with Crippen LogP contribution in [-0.2, 0) is 19.6 Å². The lowest BCUT2D eigenvalue weighted by atomic mass is 9.97. The molecule has 0 spiro atoms. The smallest absolute Gasteiger partial charge is 0.252 e. The first-order valence-electron chi connectivity index (χ1n) is 12.2. The van der Waals surface area contributed by atoms with Gasteiger partial charge in [-0.1, -0.05) is 37.3 Å². The van der Waals surface area contributed by atoms with Gasteiger partial charge in [0.1, 0.15) is 15.8 Å². The molecule has 0 atom stereocenters. The number of ketones is 1. The fourth-order valence-corrected chi connectivity index (χ4v) is 7.46. The maximum absolute atomic E-state index is 14.4. The van der Waals surface area contributed by atoms with E-state index < -0.39 is 26.6 Å². The Balaban J connectivity index is 1.91. The lowest BCUT2D eigenvalue weighted by Crippen LogP contribution is -2.48. The topological polar surface area (TPSA) is 120 Å². The molecule has 36 heavy (non-hydrogen) atoms. The van der Waals surface area contributed by atoms with E-state index in [0.717, 1.165) is 4.31 Å². The summed E-state index contributed by atoms with van der Waals surface area (Å²) < 4.78 is 28.3. The second-order valence-corrected chi connectivity index (χ2v) is 12.1. The highest BCUT2D eigenvalue weighted by atomic mass is 32.2. The standard InChI is InChI=1S/C26H30N4O4S2/c1-3-7-22(31)21-16-19(17-27)23(29-24(21)35-2)30(25(32)18-10-14-28-15-11-18)36(33,34)26(12-13-26)20-8-5-4-6-9-20/h4-6,8-9,16,18,28H,3,7,10-15H2,1-2H3. The van der Waals surface area contributed by atoms with Crippen LogP contribution < -0.4 is 9.62 Å². The van der Waals surface area contributed by atoms with Crippen LogP contribution in [0, 0.1) is 17.2 Å². The summed E-state index contributed by atoms with van der Waals surface area (Å²) in [6, 6.07) is 12.3. The third-order valence-corrected chi connectivity index (χ3v) is 10.0. The largest absolute Gasteiger partial charge is 0.317 e. The van der Waals surface area contributed by atoms with Crippen molar-refractivity contribution >= 4 is 39.3 Å². The number of Topliss-reactive ketones (excluding diaryl/α,β-unsaturated/α-hetero) is 1. The van der Waals surface area contributed by atoms with Crippen molar-refractivity contribution in [1.29, 1.82) is 5.26 Å². The molecule has 8 nitrogen and oxygen atoms in total. The first-order valence-corrected chi connectivity index (χ1v) is 14.8. The Bertz CT molecular complexity index is 1300. The number of amides is 1. The summed E-state index contributed by atoms with van der Waals surface area (Å²) in [4.78, 5) is 31.2. The number of thioether (sulfide) groups is 1. The first-order chi connectivity index (χ1) is 17.3. The Morgan fingerprint density at radius 1 is 1.22 bits per heavy atom. The van der Waals surface area contributed by atoms with Crippen LogP contribution in [0.5, 0.6) is 0 Å². The maximum atomic E-state index is 14.4. The van der Waals surface area contributed by atoms with Gasteiger partial charge in [-0.15, -0.1) is 11.8 Å². The minimum absolute atomic E-state index is 0.0954. The van der Waals surface area contributed by atoms with Crippen LogP contribution in [0.25, 0.3) is 0 Å². The van der Waals surface area contributed by atoms with Crippen molar-refractivity contribution in [2.45, 2.75) is 55.2 Å². The summed E-state index contributed by atoms with van der Waals surface area (Å²) in [7, 11) is -4.29. The van der Waals surface area contributed by atoms with Gasteiger partial charge in [0, 0.05) is 12.3 Å². The van der Waals surface area contributed by atoms with E-state index in [1.807, 2.05) is 19.1 Å². The number of nitrogens with one attached hydrogen (secondary N) is 1. The number of hydrogen-bond donors (Lipinski definition) is 1. The Hall–Kier alpha value is -2.74. The SMILES string of the molecule is CCCC(=O)c1cc(C#N)c(N(C(=O)C2CCNCC2)S(=O)(=O)C2(c3ccccc3)CC2)nc1SC. The lowest BCUT2D eigenvalue weighted by molar-refractivity contribution is -0.121. The van der Waals surface area contributed by atoms with Crippen LogP contribution in [0.1, 0.15) is 66.9 Å². The van der Waals surface area contributed by atoms with E-state index in [0.29, 0.717) is 55.8 Å². The zero-order valence-electron chi connectivity index (χ0n) is 20.5. The van der Waals surface area contributed by atoms with Crippen molar-refractivity contribution in [1.82, 2.24) is 10.3 Å². The van der Waals surface area contributed by atoms with Crippen LogP contribution >= 0.6 is 11.8 Å². The molecule has 190 valence electrons.